The summed E-state index contributed by atoms with van der Waals surface area (Å²) in [5.41, 5.74) is 2.68. The van der Waals surface area contributed by atoms with Gasteiger partial charge in [0.05, 0.1) is 5.25 Å². The van der Waals surface area contributed by atoms with Gasteiger partial charge in [0.25, 0.3) is 0 Å². The molecule has 3 aromatic rings. The van der Waals surface area contributed by atoms with Crippen molar-refractivity contribution in [2.75, 3.05) is 11.9 Å². The molecule has 1 atom stereocenters. The SMILES string of the molecule is CCNc1nnc(S[C@H](C)C(=O)c2c(C)[nH]c3ccccc23)s1. The van der Waals surface area contributed by atoms with E-state index in [1.165, 1.54) is 23.1 Å². The quantitative estimate of drug-likeness (QED) is 0.519. The summed E-state index contributed by atoms with van der Waals surface area (Å²) < 4.78 is 0.805. The number of aromatic nitrogens is 3. The number of Topliss-reactive ketones (excluding diaryl/α,β-unsaturated/α-hetero) is 1. The van der Waals surface area contributed by atoms with Gasteiger partial charge in [0.1, 0.15) is 0 Å². The number of carbonyl (C=O) groups excluding carboxylic acids is 1. The molecule has 3 rings (SSSR count). The number of anilines is 1. The van der Waals surface area contributed by atoms with Crippen LogP contribution in [0, 0.1) is 6.92 Å². The van der Waals surface area contributed by atoms with Gasteiger partial charge in [0.2, 0.25) is 5.13 Å². The van der Waals surface area contributed by atoms with Gasteiger partial charge < -0.3 is 10.3 Å². The van der Waals surface area contributed by atoms with Crippen molar-refractivity contribution in [3.8, 4) is 0 Å². The van der Waals surface area contributed by atoms with Crippen LogP contribution < -0.4 is 5.32 Å². The fraction of sp³-hybridized carbons (Fsp3) is 0.312. The summed E-state index contributed by atoms with van der Waals surface area (Å²) in [6.07, 6.45) is 0. The monoisotopic (exact) mass is 346 g/mol. The molecule has 0 saturated heterocycles. The Morgan fingerprint density at radius 3 is 2.96 bits per heavy atom. The molecule has 120 valence electrons. The highest BCUT2D eigenvalue weighted by Crippen LogP contribution is 2.32. The maximum atomic E-state index is 12.9. The zero-order chi connectivity index (χ0) is 16.4. The van der Waals surface area contributed by atoms with Crippen LogP contribution in [0.2, 0.25) is 0 Å². The zero-order valence-corrected chi connectivity index (χ0v) is 14.8. The molecule has 0 amide bonds. The third-order valence-corrected chi connectivity index (χ3v) is 5.59. The fourth-order valence-corrected chi connectivity index (χ4v) is 4.51. The third kappa shape index (κ3) is 3.25. The highest BCUT2D eigenvalue weighted by atomic mass is 32.2. The second kappa shape index (κ2) is 6.72. The van der Waals surface area contributed by atoms with E-state index in [-0.39, 0.29) is 11.0 Å². The average Bonchev–Trinajstić information content (AvgIpc) is 3.10. The number of fused-ring (bicyclic) bond motifs is 1. The highest BCUT2D eigenvalue weighted by Gasteiger charge is 2.23. The van der Waals surface area contributed by atoms with Crippen molar-refractivity contribution in [1.29, 1.82) is 0 Å². The normalized spacial score (nSPS) is 12.5. The number of H-pyrrole nitrogens is 1. The van der Waals surface area contributed by atoms with Gasteiger partial charge >= 0.3 is 0 Å². The Bertz CT molecular complexity index is 840. The van der Waals surface area contributed by atoms with Crippen molar-refractivity contribution >= 4 is 44.9 Å². The largest absolute Gasteiger partial charge is 0.360 e. The van der Waals surface area contributed by atoms with E-state index in [9.17, 15) is 4.79 Å². The van der Waals surface area contributed by atoms with Crippen molar-refractivity contribution in [3.05, 3.63) is 35.5 Å². The number of carbonyl (C=O) groups is 1. The summed E-state index contributed by atoms with van der Waals surface area (Å²) in [4.78, 5) is 16.2. The molecule has 2 heterocycles. The number of aromatic amines is 1. The second-order valence-electron chi connectivity index (χ2n) is 5.20. The van der Waals surface area contributed by atoms with Crippen LogP contribution >= 0.6 is 23.1 Å². The molecule has 0 unspecified atom stereocenters. The molecule has 0 aliphatic heterocycles. The number of nitrogens with one attached hydrogen (secondary N) is 2. The van der Waals surface area contributed by atoms with Gasteiger partial charge in [0, 0.05) is 28.7 Å². The topological polar surface area (TPSA) is 70.7 Å². The molecule has 23 heavy (non-hydrogen) atoms. The maximum Gasteiger partial charge on any atom is 0.206 e. The minimum absolute atomic E-state index is 0.116. The van der Waals surface area contributed by atoms with Gasteiger partial charge in [-0.25, -0.2) is 0 Å². The summed E-state index contributed by atoms with van der Waals surface area (Å²) in [5, 5.41) is 12.9. The molecular formula is C16H18N4OS2. The number of aryl methyl sites for hydroxylation is 1. The van der Waals surface area contributed by atoms with Gasteiger partial charge in [-0.3, -0.25) is 4.79 Å². The van der Waals surface area contributed by atoms with Crippen LogP contribution in [-0.4, -0.2) is 32.8 Å². The molecule has 0 aliphatic carbocycles. The van der Waals surface area contributed by atoms with Crippen LogP contribution in [0.5, 0.6) is 0 Å². The first kappa shape index (κ1) is 16.0. The third-order valence-electron chi connectivity index (χ3n) is 3.52. The van der Waals surface area contributed by atoms with Gasteiger partial charge in [-0.15, -0.1) is 10.2 Å². The van der Waals surface area contributed by atoms with Crippen molar-refractivity contribution < 1.29 is 4.79 Å². The molecule has 7 heteroatoms. The molecule has 0 fully saturated rings. The molecule has 0 aliphatic rings. The Kier molecular flexibility index (Phi) is 4.68. The average molecular weight is 346 g/mol. The minimum Gasteiger partial charge on any atom is -0.360 e. The van der Waals surface area contributed by atoms with Crippen LogP contribution in [0.15, 0.2) is 28.6 Å². The summed E-state index contributed by atoms with van der Waals surface area (Å²) in [6, 6.07) is 7.90. The van der Waals surface area contributed by atoms with Crippen LogP contribution in [0.25, 0.3) is 10.9 Å². The molecule has 5 nitrogen and oxygen atoms in total. The lowest BCUT2D eigenvalue weighted by Gasteiger charge is -2.08. The van der Waals surface area contributed by atoms with Crippen LogP contribution in [-0.2, 0) is 0 Å². The predicted octanol–water partition coefficient (Wildman–Crippen LogP) is 4.12. The Labute approximate surface area is 142 Å². The highest BCUT2D eigenvalue weighted by molar-refractivity contribution is 8.02. The van der Waals surface area contributed by atoms with Gasteiger partial charge in [-0.05, 0) is 26.8 Å². The van der Waals surface area contributed by atoms with E-state index < -0.39 is 0 Å². The lowest BCUT2D eigenvalue weighted by molar-refractivity contribution is 0.0995. The Hall–Kier alpha value is -1.86. The molecule has 0 spiro atoms. The van der Waals surface area contributed by atoms with Crippen molar-refractivity contribution in [1.82, 2.24) is 15.2 Å². The first-order valence-electron chi connectivity index (χ1n) is 7.45. The lowest BCUT2D eigenvalue weighted by Crippen LogP contribution is -2.14. The first-order valence-corrected chi connectivity index (χ1v) is 9.15. The van der Waals surface area contributed by atoms with Gasteiger partial charge in [0.15, 0.2) is 10.1 Å². The summed E-state index contributed by atoms with van der Waals surface area (Å²) in [5.74, 6) is 0.116. The number of benzene rings is 1. The number of hydrogen-bond acceptors (Lipinski definition) is 6. The minimum atomic E-state index is -0.213. The Morgan fingerprint density at radius 2 is 2.17 bits per heavy atom. The second-order valence-corrected chi connectivity index (χ2v) is 7.76. The first-order chi connectivity index (χ1) is 11.1. The van der Waals surface area contributed by atoms with E-state index in [1.807, 2.05) is 45.0 Å². The summed E-state index contributed by atoms with van der Waals surface area (Å²) in [7, 11) is 0. The van der Waals surface area contributed by atoms with Gasteiger partial charge in [-0.2, -0.15) is 0 Å². The fourth-order valence-electron chi connectivity index (χ4n) is 2.48. The Balaban J connectivity index is 1.82. The van der Waals surface area contributed by atoms with Gasteiger partial charge in [-0.1, -0.05) is 41.3 Å². The molecule has 0 radical (unpaired) electrons. The predicted molar refractivity (Wildman–Crippen MR) is 96.8 cm³/mol. The molecule has 2 N–H and O–H groups in total. The molecular weight excluding hydrogens is 328 g/mol. The smallest absolute Gasteiger partial charge is 0.206 e. The molecule has 0 bridgehead atoms. The summed E-state index contributed by atoms with van der Waals surface area (Å²) in [6.45, 7) is 6.68. The van der Waals surface area contributed by atoms with Crippen molar-refractivity contribution in [2.24, 2.45) is 0 Å². The number of thioether (sulfide) groups is 1. The van der Waals surface area contributed by atoms with Crippen molar-refractivity contribution in [3.63, 3.8) is 0 Å². The summed E-state index contributed by atoms with van der Waals surface area (Å²) >= 11 is 2.93. The molecule has 2 aromatic heterocycles. The van der Waals surface area contributed by atoms with E-state index in [0.717, 1.165) is 38.2 Å². The van der Waals surface area contributed by atoms with Crippen LogP contribution in [0.1, 0.15) is 29.9 Å². The molecule has 0 saturated carbocycles. The zero-order valence-electron chi connectivity index (χ0n) is 13.2. The number of hydrogen-bond donors (Lipinski definition) is 2. The van der Waals surface area contributed by atoms with Crippen LogP contribution in [0.3, 0.4) is 0 Å². The van der Waals surface area contributed by atoms with Crippen molar-refractivity contribution in [2.45, 2.75) is 30.4 Å². The Morgan fingerprint density at radius 1 is 1.39 bits per heavy atom. The number of ketones is 1. The standard InChI is InChI=1S/C16H18N4OS2/c1-4-17-15-19-20-16(23-15)22-10(3)14(21)13-9(2)18-12-8-6-5-7-11(12)13/h5-8,10,18H,4H2,1-3H3,(H,17,19)/t10-/m1/s1. The number of nitrogens with zero attached hydrogens (tertiary/aromatic N) is 2. The van der Waals surface area contributed by atoms with E-state index in [4.69, 9.17) is 0 Å². The lowest BCUT2D eigenvalue weighted by atomic mass is 10.1. The van der Waals surface area contributed by atoms with E-state index in [2.05, 4.69) is 20.5 Å². The number of para-hydroxylation sites is 1. The maximum absolute atomic E-state index is 12.9. The van der Waals surface area contributed by atoms with E-state index in [1.54, 1.807) is 0 Å². The van der Waals surface area contributed by atoms with E-state index >= 15 is 0 Å². The molecule has 1 aromatic carbocycles. The number of rotatable bonds is 6. The van der Waals surface area contributed by atoms with Crippen LogP contribution in [0.4, 0.5) is 5.13 Å². The van der Waals surface area contributed by atoms with E-state index in [0.29, 0.717) is 0 Å².